The third-order valence-corrected chi connectivity index (χ3v) is 7.00. The fraction of sp³-hybridized carbons (Fsp3) is 0.409. The molecule has 0 aromatic heterocycles. The van der Waals surface area contributed by atoms with E-state index in [0.717, 1.165) is 36.2 Å². The van der Waals surface area contributed by atoms with Gasteiger partial charge < -0.3 is 10.2 Å². The van der Waals surface area contributed by atoms with Crippen LogP contribution < -0.4 is 5.32 Å². The van der Waals surface area contributed by atoms with Gasteiger partial charge in [0.1, 0.15) is 0 Å². The minimum absolute atomic E-state index is 0.159. The van der Waals surface area contributed by atoms with Crippen molar-refractivity contribution in [3.05, 3.63) is 65.2 Å². The van der Waals surface area contributed by atoms with E-state index in [1.807, 2.05) is 50.2 Å². The fourth-order valence-electron chi connectivity index (χ4n) is 3.45. The van der Waals surface area contributed by atoms with Gasteiger partial charge in [-0.1, -0.05) is 48.9 Å². The molecule has 0 saturated carbocycles. The van der Waals surface area contributed by atoms with E-state index in [-0.39, 0.29) is 23.9 Å². The van der Waals surface area contributed by atoms with Crippen molar-refractivity contribution in [2.45, 2.75) is 31.7 Å². The van der Waals surface area contributed by atoms with Crippen molar-refractivity contribution in [3.63, 3.8) is 0 Å². The highest BCUT2D eigenvalue weighted by molar-refractivity contribution is 7.89. The summed E-state index contributed by atoms with van der Waals surface area (Å²) in [6, 6.07) is 14.6. The first-order valence-corrected chi connectivity index (χ1v) is 11.5. The van der Waals surface area contributed by atoms with Crippen molar-refractivity contribution in [2.24, 2.45) is 0 Å². The van der Waals surface area contributed by atoms with Gasteiger partial charge in [0.15, 0.2) is 0 Å². The highest BCUT2D eigenvalue weighted by Crippen LogP contribution is 2.20. The highest BCUT2D eigenvalue weighted by atomic mass is 32.2. The molecule has 1 aliphatic heterocycles. The number of nitrogens with one attached hydrogen (secondary N) is 1. The molecule has 2 aromatic carbocycles. The molecule has 7 heteroatoms. The zero-order chi connectivity index (χ0) is 20.9. The molecule has 0 radical (unpaired) electrons. The standard InChI is InChI=1S/C22H29N3O3S/c1-3-19-7-9-21(10-8-19)29(27,28)25(16-20-6-4-5-18(2)15-20)17-22(26)24-13-11-23-12-14-24/h4-10,15,23H,3,11-14,16-17H2,1-2H3. The van der Waals surface area contributed by atoms with E-state index in [4.69, 9.17) is 0 Å². The number of rotatable bonds is 7. The Morgan fingerprint density at radius 2 is 1.76 bits per heavy atom. The Balaban J connectivity index is 1.88. The molecule has 1 saturated heterocycles. The van der Waals surface area contributed by atoms with E-state index in [1.54, 1.807) is 17.0 Å². The van der Waals surface area contributed by atoms with E-state index in [1.165, 1.54) is 4.31 Å². The van der Waals surface area contributed by atoms with Gasteiger partial charge in [0.25, 0.3) is 0 Å². The number of benzene rings is 2. The second-order valence-electron chi connectivity index (χ2n) is 7.39. The Morgan fingerprint density at radius 3 is 2.38 bits per heavy atom. The molecule has 3 rings (SSSR count). The number of amides is 1. The monoisotopic (exact) mass is 415 g/mol. The van der Waals surface area contributed by atoms with Crippen LogP contribution in [0.1, 0.15) is 23.6 Å². The van der Waals surface area contributed by atoms with Crippen molar-refractivity contribution in [1.82, 2.24) is 14.5 Å². The van der Waals surface area contributed by atoms with Gasteiger partial charge in [-0.2, -0.15) is 4.31 Å². The van der Waals surface area contributed by atoms with Crippen LogP contribution in [0, 0.1) is 6.92 Å². The minimum atomic E-state index is -3.80. The van der Waals surface area contributed by atoms with Crippen LogP contribution in [0.5, 0.6) is 0 Å². The van der Waals surface area contributed by atoms with Crippen LogP contribution in [-0.2, 0) is 27.8 Å². The lowest BCUT2D eigenvalue weighted by atomic mass is 10.1. The summed E-state index contributed by atoms with van der Waals surface area (Å²) < 4.78 is 28.1. The molecule has 1 heterocycles. The second kappa shape index (κ2) is 9.52. The quantitative estimate of drug-likeness (QED) is 0.753. The Bertz CT molecular complexity index is 936. The maximum Gasteiger partial charge on any atom is 0.243 e. The summed E-state index contributed by atoms with van der Waals surface area (Å²) in [4.78, 5) is 14.8. The van der Waals surface area contributed by atoms with Gasteiger partial charge in [-0.25, -0.2) is 8.42 Å². The lowest BCUT2D eigenvalue weighted by molar-refractivity contribution is -0.132. The van der Waals surface area contributed by atoms with E-state index in [9.17, 15) is 13.2 Å². The van der Waals surface area contributed by atoms with Gasteiger partial charge in [-0.3, -0.25) is 4.79 Å². The molecule has 1 fully saturated rings. The second-order valence-corrected chi connectivity index (χ2v) is 9.33. The summed E-state index contributed by atoms with van der Waals surface area (Å²) in [5, 5.41) is 3.21. The predicted molar refractivity (Wildman–Crippen MR) is 114 cm³/mol. The number of hydrogen-bond acceptors (Lipinski definition) is 4. The Morgan fingerprint density at radius 1 is 1.07 bits per heavy atom. The average Bonchev–Trinajstić information content (AvgIpc) is 2.74. The molecule has 29 heavy (non-hydrogen) atoms. The van der Waals surface area contributed by atoms with Crippen molar-refractivity contribution in [1.29, 1.82) is 0 Å². The molecule has 0 spiro atoms. The normalized spacial score (nSPS) is 14.9. The first-order valence-electron chi connectivity index (χ1n) is 10.0. The predicted octanol–water partition coefficient (Wildman–Crippen LogP) is 2.18. The van der Waals surface area contributed by atoms with Gasteiger partial charge in [-0.15, -0.1) is 0 Å². The molecular formula is C22H29N3O3S. The molecular weight excluding hydrogens is 386 g/mol. The molecule has 156 valence electrons. The van der Waals surface area contributed by atoms with E-state index in [2.05, 4.69) is 5.32 Å². The number of carbonyl (C=O) groups excluding carboxylic acids is 1. The zero-order valence-electron chi connectivity index (χ0n) is 17.1. The van der Waals surface area contributed by atoms with E-state index >= 15 is 0 Å². The Kier molecular flexibility index (Phi) is 7.05. The van der Waals surface area contributed by atoms with Crippen LogP contribution in [0.15, 0.2) is 53.4 Å². The van der Waals surface area contributed by atoms with Gasteiger partial charge >= 0.3 is 0 Å². The largest absolute Gasteiger partial charge is 0.339 e. The number of piperazine rings is 1. The van der Waals surface area contributed by atoms with Crippen molar-refractivity contribution in [3.8, 4) is 0 Å². The van der Waals surface area contributed by atoms with Crippen LogP contribution in [0.4, 0.5) is 0 Å². The maximum absolute atomic E-state index is 13.4. The highest BCUT2D eigenvalue weighted by Gasteiger charge is 2.29. The van der Waals surface area contributed by atoms with Gasteiger partial charge in [0.2, 0.25) is 15.9 Å². The molecule has 6 nitrogen and oxygen atoms in total. The molecule has 1 amide bonds. The summed E-state index contributed by atoms with van der Waals surface area (Å²) >= 11 is 0. The van der Waals surface area contributed by atoms with Crippen LogP contribution in [0.2, 0.25) is 0 Å². The third-order valence-electron chi connectivity index (χ3n) is 5.19. The topological polar surface area (TPSA) is 69.7 Å². The number of sulfonamides is 1. The van der Waals surface area contributed by atoms with E-state index in [0.29, 0.717) is 13.1 Å². The molecule has 1 N–H and O–H groups in total. The summed E-state index contributed by atoms with van der Waals surface area (Å²) in [5.74, 6) is -0.159. The average molecular weight is 416 g/mol. The van der Waals surface area contributed by atoms with Crippen LogP contribution in [0.25, 0.3) is 0 Å². The lowest BCUT2D eigenvalue weighted by Gasteiger charge is -2.30. The fourth-order valence-corrected chi connectivity index (χ4v) is 4.83. The van der Waals surface area contributed by atoms with Gasteiger partial charge in [0.05, 0.1) is 11.4 Å². The first-order chi connectivity index (χ1) is 13.9. The molecule has 2 aromatic rings. The summed E-state index contributed by atoms with van der Waals surface area (Å²) in [5.41, 5.74) is 3.00. The van der Waals surface area contributed by atoms with Crippen molar-refractivity contribution >= 4 is 15.9 Å². The van der Waals surface area contributed by atoms with Crippen LogP contribution in [-0.4, -0.2) is 56.3 Å². The van der Waals surface area contributed by atoms with Gasteiger partial charge in [0, 0.05) is 32.7 Å². The number of carbonyl (C=O) groups is 1. The number of nitrogens with zero attached hydrogens (tertiary/aromatic N) is 2. The van der Waals surface area contributed by atoms with Crippen LogP contribution >= 0.6 is 0 Å². The van der Waals surface area contributed by atoms with Gasteiger partial charge in [-0.05, 0) is 36.6 Å². The molecule has 0 unspecified atom stereocenters. The Labute approximate surface area is 173 Å². The zero-order valence-corrected chi connectivity index (χ0v) is 17.9. The molecule has 0 aliphatic carbocycles. The third kappa shape index (κ3) is 5.44. The number of hydrogen-bond donors (Lipinski definition) is 1. The molecule has 0 bridgehead atoms. The Hall–Kier alpha value is -2.22. The van der Waals surface area contributed by atoms with Crippen molar-refractivity contribution < 1.29 is 13.2 Å². The van der Waals surface area contributed by atoms with Crippen LogP contribution in [0.3, 0.4) is 0 Å². The van der Waals surface area contributed by atoms with Crippen molar-refractivity contribution in [2.75, 3.05) is 32.7 Å². The SMILES string of the molecule is CCc1ccc(S(=O)(=O)N(CC(=O)N2CCNCC2)Cc2cccc(C)c2)cc1. The smallest absolute Gasteiger partial charge is 0.243 e. The molecule has 1 aliphatic rings. The molecule has 0 atom stereocenters. The summed E-state index contributed by atoms with van der Waals surface area (Å²) in [6.07, 6.45) is 0.842. The first kappa shape index (κ1) is 21.5. The summed E-state index contributed by atoms with van der Waals surface area (Å²) in [7, 11) is -3.80. The maximum atomic E-state index is 13.4. The number of aryl methyl sites for hydroxylation is 2. The van der Waals surface area contributed by atoms with E-state index < -0.39 is 10.0 Å². The minimum Gasteiger partial charge on any atom is -0.339 e. The lowest BCUT2D eigenvalue weighted by Crippen LogP contribution is -2.50. The summed E-state index contributed by atoms with van der Waals surface area (Å²) in [6.45, 7) is 6.66.